The van der Waals surface area contributed by atoms with E-state index in [1.54, 1.807) is 0 Å². The van der Waals surface area contributed by atoms with Crippen molar-refractivity contribution in [1.82, 2.24) is 0 Å². The monoisotopic (exact) mass is 312 g/mol. The third-order valence-electron chi connectivity index (χ3n) is 1.81. The first-order valence-corrected chi connectivity index (χ1v) is 5.63. The van der Waals surface area contributed by atoms with E-state index >= 15 is 0 Å². The van der Waals surface area contributed by atoms with Crippen LogP contribution in [0.2, 0.25) is 0 Å². The summed E-state index contributed by atoms with van der Waals surface area (Å²) in [4.78, 5) is 11.5. The molecule has 1 N–H and O–H groups in total. The molecular formula is C10H8BrF3O3. The number of carbonyl (C=O) groups excluding carboxylic acids is 1. The van der Waals surface area contributed by atoms with E-state index in [4.69, 9.17) is 5.11 Å². The van der Waals surface area contributed by atoms with Crippen molar-refractivity contribution in [3.8, 4) is 11.5 Å². The van der Waals surface area contributed by atoms with Crippen molar-refractivity contribution < 1.29 is 27.8 Å². The molecule has 0 saturated carbocycles. The van der Waals surface area contributed by atoms with Gasteiger partial charge in [0.15, 0.2) is 5.78 Å². The van der Waals surface area contributed by atoms with Gasteiger partial charge in [0.2, 0.25) is 0 Å². The zero-order chi connectivity index (χ0) is 13.1. The first kappa shape index (κ1) is 13.8. The lowest BCUT2D eigenvalue weighted by Crippen LogP contribution is -2.19. The summed E-state index contributed by atoms with van der Waals surface area (Å²) in [5.74, 6) is -1.59. The van der Waals surface area contributed by atoms with E-state index in [2.05, 4.69) is 20.7 Å². The van der Waals surface area contributed by atoms with Crippen molar-refractivity contribution in [1.29, 1.82) is 0 Å². The van der Waals surface area contributed by atoms with Gasteiger partial charge in [-0.1, -0.05) is 15.9 Å². The van der Waals surface area contributed by atoms with Crippen LogP contribution in [0.4, 0.5) is 13.2 Å². The van der Waals surface area contributed by atoms with Crippen LogP contribution < -0.4 is 4.74 Å². The van der Waals surface area contributed by atoms with Crippen LogP contribution in [0.15, 0.2) is 18.2 Å². The summed E-state index contributed by atoms with van der Waals surface area (Å²) in [7, 11) is 0. The molecule has 0 amide bonds. The molecule has 0 bridgehead atoms. The zero-order valence-electron chi connectivity index (χ0n) is 8.42. The first-order chi connectivity index (χ1) is 7.83. The van der Waals surface area contributed by atoms with Crippen molar-refractivity contribution in [2.45, 2.75) is 12.8 Å². The Morgan fingerprint density at radius 2 is 2.06 bits per heavy atom. The summed E-state index contributed by atoms with van der Waals surface area (Å²) in [6, 6.07) is 2.99. The molecule has 0 unspecified atom stereocenters. The van der Waals surface area contributed by atoms with Crippen molar-refractivity contribution >= 4 is 21.7 Å². The Morgan fingerprint density at radius 3 is 2.59 bits per heavy atom. The lowest BCUT2D eigenvalue weighted by molar-refractivity contribution is -0.274. The number of benzene rings is 1. The predicted octanol–water partition coefficient (Wildman–Crippen LogP) is 3.26. The maximum absolute atomic E-state index is 12.1. The number of carbonyl (C=O) groups is 1. The van der Waals surface area contributed by atoms with Crippen LogP contribution in [-0.4, -0.2) is 22.6 Å². The zero-order valence-corrected chi connectivity index (χ0v) is 10.0. The number of halogens is 4. The van der Waals surface area contributed by atoms with Crippen LogP contribution in [0.1, 0.15) is 16.8 Å². The number of phenolic OH excluding ortho intramolecular Hbond substituents is 1. The molecule has 0 heterocycles. The highest BCUT2D eigenvalue weighted by Crippen LogP contribution is 2.30. The van der Waals surface area contributed by atoms with E-state index in [0.29, 0.717) is 5.33 Å². The summed E-state index contributed by atoms with van der Waals surface area (Å²) in [6.07, 6.45) is -4.86. The highest BCUT2D eigenvalue weighted by molar-refractivity contribution is 9.09. The Labute approximate surface area is 103 Å². The third-order valence-corrected chi connectivity index (χ3v) is 2.21. The standard InChI is InChI=1S/C10H8BrF3O3/c11-4-3-8(16)7-2-1-6(15)5-9(7)17-10(12,13)14/h1-2,5,15H,3-4H2. The molecule has 17 heavy (non-hydrogen) atoms. The Hall–Kier alpha value is -1.24. The van der Waals surface area contributed by atoms with Crippen molar-refractivity contribution in [2.24, 2.45) is 0 Å². The average molecular weight is 313 g/mol. The summed E-state index contributed by atoms with van der Waals surface area (Å²) < 4.78 is 39.9. The van der Waals surface area contributed by atoms with Gasteiger partial charge in [0.1, 0.15) is 11.5 Å². The van der Waals surface area contributed by atoms with Gasteiger partial charge in [-0.05, 0) is 12.1 Å². The van der Waals surface area contributed by atoms with Gasteiger partial charge in [-0.2, -0.15) is 0 Å². The summed E-state index contributed by atoms with van der Waals surface area (Å²) in [6.45, 7) is 0. The molecule has 3 nitrogen and oxygen atoms in total. The maximum atomic E-state index is 12.1. The molecule has 94 valence electrons. The van der Waals surface area contributed by atoms with Crippen molar-refractivity contribution in [3.63, 3.8) is 0 Å². The molecule has 1 rings (SSSR count). The number of alkyl halides is 4. The van der Waals surface area contributed by atoms with Crippen molar-refractivity contribution in [3.05, 3.63) is 23.8 Å². The van der Waals surface area contributed by atoms with Gasteiger partial charge in [-0.25, -0.2) is 0 Å². The molecule has 0 aliphatic carbocycles. The van der Waals surface area contributed by atoms with Gasteiger partial charge < -0.3 is 9.84 Å². The van der Waals surface area contributed by atoms with E-state index in [-0.39, 0.29) is 12.0 Å². The van der Waals surface area contributed by atoms with Crippen LogP contribution in [0, 0.1) is 0 Å². The lowest BCUT2D eigenvalue weighted by atomic mass is 10.1. The van der Waals surface area contributed by atoms with E-state index in [1.165, 1.54) is 0 Å². The molecule has 0 aliphatic rings. The molecular weight excluding hydrogens is 305 g/mol. The minimum atomic E-state index is -4.91. The Bertz CT molecular complexity index is 418. The normalized spacial score (nSPS) is 11.3. The van der Waals surface area contributed by atoms with Crippen LogP contribution in [0.25, 0.3) is 0 Å². The van der Waals surface area contributed by atoms with E-state index in [1.807, 2.05) is 0 Å². The second kappa shape index (κ2) is 5.39. The first-order valence-electron chi connectivity index (χ1n) is 4.51. The predicted molar refractivity (Wildman–Crippen MR) is 57.5 cm³/mol. The molecule has 1 aromatic rings. The second-order valence-corrected chi connectivity index (χ2v) is 3.88. The van der Waals surface area contributed by atoms with Gasteiger partial charge in [0.25, 0.3) is 0 Å². The molecule has 0 aliphatic heterocycles. The molecule has 0 radical (unpaired) electrons. The second-order valence-electron chi connectivity index (χ2n) is 3.09. The Morgan fingerprint density at radius 1 is 1.41 bits per heavy atom. The fourth-order valence-electron chi connectivity index (χ4n) is 1.17. The van der Waals surface area contributed by atoms with Crippen molar-refractivity contribution in [2.75, 3.05) is 5.33 Å². The van der Waals surface area contributed by atoms with Gasteiger partial charge in [-0.15, -0.1) is 13.2 Å². The lowest BCUT2D eigenvalue weighted by Gasteiger charge is -2.12. The average Bonchev–Trinajstić information content (AvgIpc) is 2.15. The number of phenols is 1. The number of ketones is 1. The number of aromatic hydroxyl groups is 1. The Kier molecular flexibility index (Phi) is 4.39. The number of hydrogen-bond donors (Lipinski definition) is 1. The number of hydrogen-bond acceptors (Lipinski definition) is 3. The summed E-state index contributed by atoms with van der Waals surface area (Å²) in [5, 5.41) is 9.41. The van der Waals surface area contributed by atoms with Gasteiger partial charge in [0.05, 0.1) is 5.56 Å². The van der Waals surface area contributed by atoms with Crippen LogP contribution >= 0.6 is 15.9 Å². The molecule has 0 fully saturated rings. The molecule has 0 atom stereocenters. The van der Waals surface area contributed by atoms with Crippen LogP contribution in [0.5, 0.6) is 11.5 Å². The maximum Gasteiger partial charge on any atom is 0.573 e. The SMILES string of the molecule is O=C(CCBr)c1ccc(O)cc1OC(F)(F)F. The largest absolute Gasteiger partial charge is 0.573 e. The highest BCUT2D eigenvalue weighted by Gasteiger charge is 2.33. The Balaban J connectivity index is 3.08. The molecule has 1 aromatic carbocycles. The molecule has 7 heteroatoms. The minimum Gasteiger partial charge on any atom is -0.508 e. The van der Waals surface area contributed by atoms with Gasteiger partial charge in [-0.3, -0.25) is 4.79 Å². The third kappa shape index (κ3) is 4.26. The quantitative estimate of drug-likeness (QED) is 0.685. The molecule has 0 spiro atoms. The van der Waals surface area contributed by atoms with Crippen LogP contribution in [0.3, 0.4) is 0 Å². The van der Waals surface area contributed by atoms with Gasteiger partial charge in [0, 0.05) is 17.8 Å². The highest BCUT2D eigenvalue weighted by atomic mass is 79.9. The van der Waals surface area contributed by atoms with E-state index in [0.717, 1.165) is 18.2 Å². The summed E-state index contributed by atoms with van der Waals surface area (Å²) >= 11 is 3.01. The number of Topliss-reactive ketones (excluding diaryl/α,β-unsaturated/α-hetero) is 1. The smallest absolute Gasteiger partial charge is 0.508 e. The number of rotatable bonds is 4. The minimum absolute atomic E-state index is 0.0407. The van der Waals surface area contributed by atoms with E-state index in [9.17, 15) is 18.0 Å². The fourth-order valence-corrected chi connectivity index (χ4v) is 1.53. The van der Waals surface area contributed by atoms with E-state index < -0.39 is 23.6 Å². The van der Waals surface area contributed by atoms with Gasteiger partial charge >= 0.3 is 6.36 Å². The molecule has 0 saturated heterocycles. The topological polar surface area (TPSA) is 46.5 Å². The fraction of sp³-hybridized carbons (Fsp3) is 0.300. The summed E-state index contributed by atoms with van der Waals surface area (Å²) in [5.41, 5.74) is -0.209. The van der Waals surface area contributed by atoms with Crippen LogP contribution in [-0.2, 0) is 0 Å². The molecule has 0 aromatic heterocycles. The number of ether oxygens (including phenoxy) is 1.